The normalized spacial score (nSPS) is 11.1. The van der Waals surface area contributed by atoms with Crippen LogP contribution in [-0.4, -0.2) is 12.1 Å². The smallest absolute Gasteiger partial charge is 0.493 e. The van der Waals surface area contributed by atoms with Gasteiger partial charge in [0.15, 0.2) is 0 Å². The van der Waals surface area contributed by atoms with Crippen molar-refractivity contribution in [1.29, 1.82) is 0 Å². The van der Waals surface area contributed by atoms with Crippen molar-refractivity contribution < 1.29 is 60.9 Å². The summed E-state index contributed by atoms with van der Waals surface area (Å²) in [6.07, 6.45) is -0.297. The first kappa shape index (κ1) is 13.4. The van der Waals surface area contributed by atoms with E-state index in [2.05, 4.69) is 18.2 Å². The molecule has 0 heterocycles. The first-order valence-corrected chi connectivity index (χ1v) is 2.73. The van der Waals surface area contributed by atoms with Crippen LogP contribution in [-0.2, 0) is 9.53 Å². The standard InChI is InChI=1S/C7H11O2.K/c1-5(2)7(8)9-6(3)4;/h6H,1,3H2,2,4H3;/q-1;+1. The Morgan fingerprint density at radius 2 is 2.10 bits per heavy atom. The number of ether oxygens (including phenoxy) is 1. The summed E-state index contributed by atoms with van der Waals surface area (Å²) < 4.78 is 4.66. The first-order valence-electron chi connectivity index (χ1n) is 2.73. The van der Waals surface area contributed by atoms with Crippen LogP contribution >= 0.6 is 0 Å². The minimum Gasteiger partial charge on any atom is -0.493 e. The van der Waals surface area contributed by atoms with E-state index in [1.54, 1.807) is 13.8 Å². The third-order valence-electron chi connectivity index (χ3n) is 0.657. The van der Waals surface area contributed by atoms with Crippen LogP contribution in [0.2, 0.25) is 0 Å². The van der Waals surface area contributed by atoms with Crippen molar-refractivity contribution in [3.63, 3.8) is 0 Å². The Morgan fingerprint density at radius 1 is 1.70 bits per heavy atom. The van der Waals surface area contributed by atoms with Gasteiger partial charge >= 0.3 is 57.4 Å². The summed E-state index contributed by atoms with van der Waals surface area (Å²) in [4.78, 5) is 10.6. The van der Waals surface area contributed by atoms with Crippen molar-refractivity contribution in [3.05, 3.63) is 19.1 Å². The van der Waals surface area contributed by atoms with Gasteiger partial charge in [-0.2, -0.15) is 0 Å². The molecule has 3 heteroatoms. The molecule has 0 aromatic carbocycles. The van der Waals surface area contributed by atoms with Gasteiger partial charge in [-0.25, -0.2) is 4.79 Å². The monoisotopic (exact) mass is 166 g/mol. The molecule has 52 valence electrons. The molecule has 0 N–H and O–H groups in total. The maximum Gasteiger partial charge on any atom is 1.00 e. The zero-order valence-electron chi connectivity index (χ0n) is 6.81. The summed E-state index contributed by atoms with van der Waals surface area (Å²) in [5.74, 6) is -0.377. The van der Waals surface area contributed by atoms with E-state index in [0.717, 1.165) is 0 Å². The Bertz CT molecular complexity index is 130. The molecule has 0 aromatic rings. The number of esters is 1. The fourth-order valence-electron chi connectivity index (χ4n) is 0.283. The Morgan fingerprint density at radius 3 is 2.20 bits per heavy atom. The number of hydrogen-bond acceptors (Lipinski definition) is 2. The van der Waals surface area contributed by atoms with Crippen LogP contribution in [0.15, 0.2) is 12.2 Å². The van der Waals surface area contributed by atoms with Crippen molar-refractivity contribution in [2.75, 3.05) is 0 Å². The van der Waals surface area contributed by atoms with E-state index in [1.807, 2.05) is 0 Å². The molecule has 1 atom stereocenters. The van der Waals surface area contributed by atoms with Gasteiger partial charge in [-0.3, -0.25) is 0 Å². The zero-order valence-corrected chi connectivity index (χ0v) is 9.93. The predicted octanol–water partition coefficient (Wildman–Crippen LogP) is -1.67. The third-order valence-corrected chi connectivity index (χ3v) is 0.657. The van der Waals surface area contributed by atoms with E-state index in [9.17, 15) is 4.79 Å². The van der Waals surface area contributed by atoms with Crippen molar-refractivity contribution >= 4 is 5.97 Å². The molecule has 0 bridgehead atoms. The van der Waals surface area contributed by atoms with Gasteiger partial charge in [0.05, 0.1) is 0 Å². The summed E-state index contributed by atoms with van der Waals surface area (Å²) >= 11 is 0. The Balaban J connectivity index is 0. The van der Waals surface area contributed by atoms with Crippen LogP contribution in [0.3, 0.4) is 0 Å². The van der Waals surface area contributed by atoms with E-state index < -0.39 is 0 Å². The average molecular weight is 166 g/mol. The molecule has 0 radical (unpaired) electrons. The summed E-state index contributed by atoms with van der Waals surface area (Å²) in [6.45, 7) is 10.2. The zero-order chi connectivity index (χ0) is 7.44. The Labute approximate surface area is 104 Å². The molecule has 2 nitrogen and oxygen atoms in total. The van der Waals surface area contributed by atoms with Crippen LogP contribution in [0, 0.1) is 6.92 Å². The minimum atomic E-state index is -0.377. The van der Waals surface area contributed by atoms with E-state index in [1.165, 1.54) is 0 Å². The largest absolute Gasteiger partial charge is 1.00 e. The van der Waals surface area contributed by atoms with Crippen LogP contribution in [0.1, 0.15) is 13.8 Å². The average Bonchev–Trinajstić information content (AvgIpc) is 1.63. The molecule has 0 rings (SSSR count). The summed E-state index contributed by atoms with van der Waals surface area (Å²) in [6, 6.07) is 0. The molecular formula is C7H11KO2. The topological polar surface area (TPSA) is 26.3 Å². The van der Waals surface area contributed by atoms with Crippen LogP contribution in [0.5, 0.6) is 0 Å². The first-order chi connectivity index (χ1) is 4.04. The molecule has 0 amide bonds. The van der Waals surface area contributed by atoms with Crippen molar-refractivity contribution in [3.8, 4) is 0 Å². The van der Waals surface area contributed by atoms with Crippen molar-refractivity contribution in [2.24, 2.45) is 0 Å². The van der Waals surface area contributed by atoms with Crippen molar-refractivity contribution in [1.82, 2.24) is 0 Å². The minimum absolute atomic E-state index is 0. The quantitative estimate of drug-likeness (QED) is 0.212. The van der Waals surface area contributed by atoms with Gasteiger partial charge in [-0.05, 0) is 13.0 Å². The maximum atomic E-state index is 10.6. The number of carbonyl (C=O) groups is 1. The van der Waals surface area contributed by atoms with Gasteiger partial charge in [-0.1, -0.05) is 13.5 Å². The Kier molecular flexibility index (Phi) is 8.80. The van der Waals surface area contributed by atoms with Gasteiger partial charge in [0, 0.05) is 5.57 Å². The maximum absolute atomic E-state index is 10.6. The van der Waals surface area contributed by atoms with Crippen molar-refractivity contribution in [2.45, 2.75) is 20.0 Å². The number of carbonyl (C=O) groups excluding carboxylic acids is 1. The second-order valence-corrected chi connectivity index (χ2v) is 2.00. The van der Waals surface area contributed by atoms with Gasteiger partial charge < -0.3 is 11.7 Å². The fourth-order valence-corrected chi connectivity index (χ4v) is 0.283. The second-order valence-electron chi connectivity index (χ2n) is 2.00. The van der Waals surface area contributed by atoms with Crippen LogP contribution in [0.4, 0.5) is 0 Å². The van der Waals surface area contributed by atoms with Gasteiger partial charge in [0.1, 0.15) is 0 Å². The molecule has 0 aliphatic heterocycles. The molecule has 0 aliphatic carbocycles. The van der Waals surface area contributed by atoms with Gasteiger partial charge in [0.2, 0.25) is 0 Å². The number of hydrogen-bond donors (Lipinski definition) is 0. The SMILES string of the molecule is C=C(C)C(=O)OC([CH2-])C.[K+]. The second kappa shape index (κ2) is 6.55. The fraction of sp³-hybridized carbons (Fsp3) is 0.429. The van der Waals surface area contributed by atoms with Crippen LogP contribution < -0.4 is 51.4 Å². The molecule has 0 aromatic heterocycles. The van der Waals surface area contributed by atoms with E-state index >= 15 is 0 Å². The molecule has 0 fully saturated rings. The summed E-state index contributed by atoms with van der Waals surface area (Å²) in [7, 11) is 0. The molecular weight excluding hydrogens is 155 g/mol. The van der Waals surface area contributed by atoms with E-state index in [0.29, 0.717) is 5.57 Å². The molecule has 0 saturated heterocycles. The molecule has 10 heavy (non-hydrogen) atoms. The molecule has 0 aliphatic rings. The molecule has 0 spiro atoms. The predicted molar refractivity (Wildman–Crippen MR) is 35.7 cm³/mol. The van der Waals surface area contributed by atoms with Gasteiger partial charge in [0.25, 0.3) is 0 Å². The summed E-state index contributed by atoms with van der Waals surface area (Å²) in [5.41, 5.74) is 0.408. The molecule has 0 saturated carbocycles. The summed E-state index contributed by atoms with van der Waals surface area (Å²) in [5, 5.41) is 0. The number of rotatable bonds is 2. The third kappa shape index (κ3) is 6.96. The van der Waals surface area contributed by atoms with Crippen LogP contribution in [0.25, 0.3) is 0 Å². The van der Waals surface area contributed by atoms with E-state index in [4.69, 9.17) is 0 Å². The molecule has 1 unspecified atom stereocenters. The van der Waals surface area contributed by atoms with Gasteiger partial charge in [-0.15, -0.1) is 0 Å². The van der Waals surface area contributed by atoms with E-state index in [-0.39, 0.29) is 63.5 Å². The Hall–Kier alpha value is 0.846.